The van der Waals surface area contributed by atoms with Gasteiger partial charge in [-0.25, -0.2) is 4.90 Å². The molecule has 0 bridgehead atoms. The quantitative estimate of drug-likeness (QED) is 0.499. The molecule has 3 aromatic rings. The van der Waals surface area contributed by atoms with E-state index in [1.54, 1.807) is 37.4 Å². The fourth-order valence-electron chi connectivity index (χ4n) is 3.80. The lowest BCUT2D eigenvalue weighted by Gasteiger charge is -2.18. The zero-order chi connectivity index (χ0) is 22.8. The number of nitrogens with zero attached hydrogens (tertiary/aromatic N) is 1. The average Bonchev–Trinajstić information content (AvgIpc) is 3.03. The van der Waals surface area contributed by atoms with Crippen LogP contribution in [0.1, 0.15) is 23.6 Å². The van der Waals surface area contributed by atoms with Gasteiger partial charge in [0.2, 0.25) is 0 Å². The first kappa shape index (κ1) is 21.7. The van der Waals surface area contributed by atoms with Crippen molar-refractivity contribution in [2.24, 2.45) is 0 Å². The molecule has 4 rings (SSSR count). The highest BCUT2D eigenvalue weighted by Crippen LogP contribution is 2.38. The number of aryl methyl sites for hydroxylation is 2. The van der Waals surface area contributed by atoms with Gasteiger partial charge in [0.25, 0.3) is 11.8 Å². The van der Waals surface area contributed by atoms with E-state index in [4.69, 9.17) is 16.3 Å². The van der Waals surface area contributed by atoms with Gasteiger partial charge in [-0.15, -0.1) is 0 Å². The van der Waals surface area contributed by atoms with Crippen LogP contribution in [0.25, 0.3) is 5.57 Å². The summed E-state index contributed by atoms with van der Waals surface area (Å²) < 4.78 is 5.49. The smallest absolute Gasteiger partial charge is 0.282 e. The summed E-state index contributed by atoms with van der Waals surface area (Å²) in [5.41, 5.74) is 4.15. The molecule has 5 nitrogen and oxygen atoms in total. The van der Waals surface area contributed by atoms with Crippen LogP contribution >= 0.6 is 11.6 Å². The molecule has 1 aliphatic rings. The Balaban J connectivity index is 1.85. The molecule has 0 saturated heterocycles. The maximum atomic E-state index is 13.6. The zero-order valence-electron chi connectivity index (χ0n) is 18.1. The van der Waals surface area contributed by atoms with Crippen molar-refractivity contribution < 1.29 is 14.3 Å². The standard InChI is InChI=1S/C26H23ClN2O3/c1-4-17-9-12-19(13-10-17)28-24-23(20-7-5-6-8-22(20)32-3)25(30)29(26(24)31)21-14-11-18(27)15-16(21)2/h5-15,28H,4H2,1-3H3. The Hall–Kier alpha value is -3.57. The SMILES string of the molecule is CCc1ccc(NC2=C(c3ccccc3OC)C(=O)N(c3ccc(Cl)cc3C)C2=O)cc1. The summed E-state index contributed by atoms with van der Waals surface area (Å²) in [5.74, 6) is -0.336. The summed E-state index contributed by atoms with van der Waals surface area (Å²) in [6.45, 7) is 3.90. The normalized spacial score (nSPS) is 13.7. The lowest BCUT2D eigenvalue weighted by atomic mass is 10.0. The predicted octanol–water partition coefficient (Wildman–Crippen LogP) is 5.62. The first-order valence-electron chi connectivity index (χ1n) is 10.3. The summed E-state index contributed by atoms with van der Waals surface area (Å²) in [6, 6.07) is 20.1. The van der Waals surface area contributed by atoms with Gasteiger partial charge in [0, 0.05) is 16.3 Å². The van der Waals surface area contributed by atoms with Crippen LogP contribution in [0.15, 0.2) is 72.4 Å². The monoisotopic (exact) mass is 446 g/mol. The van der Waals surface area contributed by atoms with Gasteiger partial charge >= 0.3 is 0 Å². The molecule has 0 fully saturated rings. The second-order valence-electron chi connectivity index (χ2n) is 7.50. The number of carbonyl (C=O) groups is 2. The van der Waals surface area contributed by atoms with Crippen molar-refractivity contribution in [3.63, 3.8) is 0 Å². The number of hydrogen-bond acceptors (Lipinski definition) is 4. The molecule has 0 saturated carbocycles. The number of nitrogens with one attached hydrogen (secondary N) is 1. The van der Waals surface area contributed by atoms with Crippen molar-refractivity contribution in [2.75, 3.05) is 17.3 Å². The van der Waals surface area contributed by atoms with Crippen LogP contribution in [0, 0.1) is 6.92 Å². The van der Waals surface area contributed by atoms with Crippen molar-refractivity contribution in [1.82, 2.24) is 0 Å². The lowest BCUT2D eigenvalue weighted by molar-refractivity contribution is -0.120. The first-order chi connectivity index (χ1) is 15.4. The minimum Gasteiger partial charge on any atom is -0.496 e. The average molecular weight is 447 g/mol. The van der Waals surface area contributed by atoms with Gasteiger partial charge < -0.3 is 10.1 Å². The molecule has 1 heterocycles. The number of carbonyl (C=O) groups excluding carboxylic acids is 2. The van der Waals surface area contributed by atoms with E-state index in [0.717, 1.165) is 17.7 Å². The first-order valence-corrected chi connectivity index (χ1v) is 10.7. The van der Waals surface area contributed by atoms with Crippen LogP contribution in [0.5, 0.6) is 5.75 Å². The largest absolute Gasteiger partial charge is 0.496 e. The number of hydrogen-bond donors (Lipinski definition) is 1. The van der Waals surface area contributed by atoms with Crippen molar-refractivity contribution in [2.45, 2.75) is 20.3 Å². The van der Waals surface area contributed by atoms with Crippen LogP contribution in [0.3, 0.4) is 0 Å². The van der Waals surface area contributed by atoms with Crippen molar-refractivity contribution in [1.29, 1.82) is 0 Å². The second-order valence-corrected chi connectivity index (χ2v) is 7.94. The van der Waals surface area contributed by atoms with E-state index in [-0.39, 0.29) is 11.3 Å². The maximum absolute atomic E-state index is 13.6. The molecule has 32 heavy (non-hydrogen) atoms. The van der Waals surface area contributed by atoms with Gasteiger partial charge in [0.1, 0.15) is 11.4 Å². The Bertz CT molecular complexity index is 1230. The van der Waals surface area contributed by atoms with Gasteiger partial charge in [-0.3, -0.25) is 9.59 Å². The Kier molecular flexibility index (Phi) is 6.01. The van der Waals surface area contributed by atoms with Gasteiger partial charge in [0.05, 0.1) is 18.4 Å². The minimum atomic E-state index is -0.430. The van der Waals surface area contributed by atoms with Crippen LogP contribution in [-0.4, -0.2) is 18.9 Å². The fraction of sp³-hybridized carbons (Fsp3) is 0.154. The van der Waals surface area contributed by atoms with Crippen molar-refractivity contribution in [3.05, 3.63) is 94.1 Å². The Morgan fingerprint density at radius 1 is 0.969 bits per heavy atom. The number of rotatable bonds is 6. The van der Waals surface area contributed by atoms with E-state index in [1.165, 1.54) is 10.5 Å². The van der Waals surface area contributed by atoms with E-state index < -0.39 is 11.8 Å². The van der Waals surface area contributed by atoms with Crippen LogP contribution in [0.4, 0.5) is 11.4 Å². The highest BCUT2D eigenvalue weighted by molar-refractivity contribution is 6.46. The number of ether oxygens (including phenoxy) is 1. The number of amides is 2. The summed E-state index contributed by atoms with van der Waals surface area (Å²) in [6.07, 6.45) is 0.913. The molecule has 2 amide bonds. The maximum Gasteiger partial charge on any atom is 0.282 e. The van der Waals surface area contributed by atoms with Gasteiger partial charge in [-0.1, -0.05) is 48.9 Å². The molecule has 0 atom stereocenters. The summed E-state index contributed by atoms with van der Waals surface area (Å²) >= 11 is 6.09. The highest BCUT2D eigenvalue weighted by Gasteiger charge is 2.41. The second kappa shape index (κ2) is 8.89. The topological polar surface area (TPSA) is 58.6 Å². The third-order valence-electron chi connectivity index (χ3n) is 5.49. The Morgan fingerprint density at radius 3 is 2.34 bits per heavy atom. The minimum absolute atomic E-state index is 0.207. The van der Waals surface area contributed by atoms with Gasteiger partial charge in [-0.2, -0.15) is 0 Å². The number of para-hydroxylation sites is 1. The van der Waals surface area contributed by atoms with E-state index in [1.807, 2.05) is 43.3 Å². The van der Waals surface area contributed by atoms with Crippen molar-refractivity contribution in [3.8, 4) is 5.75 Å². The van der Waals surface area contributed by atoms with E-state index in [0.29, 0.717) is 22.0 Å². The molecule has 1 N–H and O–H groups in total. The predicted molar refractivity (Wildman–Crippen MR) is 128 cm³/mol. The fourth-order valence-corrected chi connectivity index (χ4v) is 4.03. The molecular formula is C26H23ClN2O3. The molecule has 1 aliphatic heterocycles. The molecule has 3 aromatic carbocycles. The lowest BCUT2D eigenvalue weighted by Crippen LogP contribution is -2.33. The summed E-state index contributed by atoms with van der Waals surface area (Å²) in [4.78, 5) is 28.4. The summed E-state index contributed by atoms with van der Waals surface area (Å²) in [7, 11) is 1.54. The molecule has 0 spiro atoms. The zero-order valence-corrected chi connectivity index (χ0v) is 18.9. The Morgan fingerprint density at radius 2 is 1.69 bits per heavy atom. The number of anilines is 2. The Labute approximate surface area is 192 Å². The third kappa shape index (κ3) is 3.87. The molecule has 0 radical (unpaired) electrons. The highest BCUT2D eigenvalue weighted by atomic mass is 35.5. The number of imide groups is 1. The number of halogens is 1. The number of benzene rings is 3. The van der Waals surface area contributed by atoms with Crippen LogP contribution in [0.2, 0.25) is 5.02 Å². The molecule has 0 aromatic heterocycles. The van der Waals surface area contributed by atoms with Gasteiger partial charge in [-0.05, 0) is 60.9 Å². The van der Waals surface area contributed by atoms with E-state index >= 15 is 0 Å². The van der Waals surface area contributed by atoms with Gasteiger partial charge in [0.15, 0.2) is 0 Å². The molecular weight excluding hydrogens is 424 g/mol. The summed E-state index contributed by atoms with van der Waals surface area (Å²) in [5, 5.41) is 3.73. The van der Waals surface area contributed by atoms with Crippen LogP contribution < -0.4 is 15.0 Å². The number of methoxy groups -OCH3 is 1. The molecule has 0 aliphatic carbocycles. The van der Waals surface area contributed by atoms with E-state index in [2.05, 4.69) is 12.2 Å². The van der Waals surface area contributed by atoms with Crippen LogP contribution in [-0.2, 0) is 16.0 Å². The molecule has 162 valence electrons. The molecule has 6 heteroatoms. The van der Waals surface area contributed by atoms with E-state index in [9.17, 15) is 9.59 Å². The third-order valence-corrected chi connectivity index (χ3v) is 5.73. The van der Waals surface area contributed by atoms with Crippen molar-refractivity contribution >= 4 is 40.4 Å². The molecule has 0 unspecified atom stereocenters.